The molecule has 70 valence electrons. The van der Waals surface area contributed by atoms with Gasteiger partial charge in [-0.05, 0) is 0 Å². The van der Waals surface area contributed by atoms with Crippen molar-refractivity contribution in [3.8, 4) is 6.07 Å². The van der Waals surface area contributed by atoms with Crippen LogP contribution in [0, 0.1) is 11.3 Å². The third-order valence-electron chi connectivity index (χ3n) is 1.25. The molecule has 0 aliphatic carbocycles. The van der Waals surface area contributed by atoms with E-state index in [1.54, 1.807) is 6.07 Å². The second kappa shape index (κ2) is 3.06. The Morgan fingerprint density at radius 1 is 1.62 bits per heavy atom. The largest absolute Gasteiger partial charge is 0.410 e. The molecule has 0 saturated heterocycles. The van der Waals surface area contributed by atoms with E-state index in [0.29, 0.717) is 0 Å². The van der Waals surface area contributed by atoms with Crippen LogP contribution in [-0.4, -0.2) is 26.7 Å². The molecular formula is C6H7N3O3S. The van der Waals surface area contributed by atoms with Crippen LogP contribution in [-0.2, 0) is 9.84 Å². The molecule has 1 rings (SSSR count). The van der Waals surface area contributed by atoms with Crippen LogP contribution in [0.5, 0.6) is 0 Å². The molecule has 7 heteroatoms. The van der Waals surface area contributed by atoms with Gasteiger partial charge in [-0.2, -0.15) is 10.2 Å². The summed E-state index contributed by atoms with van der Waals surface area (Å²) >= 11 is 0. The highest BCUT2D eigenvalue weighted by molar-refractivity contribution is 7.90. The van der Waals surface area contributed by atoms with Gasteiger partial charge in [-0.1, -0.05) is 0 Å². The number of nitriles is 1. The zero-order chi connectivity index (χ0) is 10.1. The summed E-state index contributed by atoms with van der Waals surface area (Å²) in [5.41, 5.74) is -0.230. The summed E-state index contributed by atoms with van der Waals surface area (Å²) in [4.78, 5) is 3.60. The van der Waals surface area contributed by atoms with Crippen LogP contribution in [0.1, 0.15) is 5.69 Å². The number of hydrogen-bond acceptors (Lipinski definition) is 6. The second-order valence-corrected chi connectivity index (χ2v) is 4.20. The molecule has 1 aromatic heterocycles. The lowest BCUT2D eigenvalue weighted by atomic mass is 10.6. The number of anilines is 1. The van der Waals surface area contributed by atoms with E-state index in [-0.39, 0.29) is 11.7 Å². The highest BCUT2D eigenvalue weighted by Gasteiger charge is 2.21. The molecule has 1 aromatic rings. The van der Waals surface area contributed by atoms with Gasteiger partial charge < -0.3 is 9.73 Å². The zero-order valence-electron chi connectivity index (χ0n) is 7.03. The van der Waals surface area contributed by atoms with Gasteiger partial charge in [-0.3, -0.25) is 0 Å². The van der Waals surface area contributed by atoms with Gasteiger partial charge >= 0.3 is 0 Å². The van der Waals surface area contributed by atoms with Crippen LogP contribution in [0.2, 0.25) is 0 Å². The Morgan fingerprint density at radius 2 is 2.23 bits per heavy atom. The van der Waals surface area contributed by atoms with Gasteiger partial charge in [0.25, 0.3) is 11.1 Å². The van der Waals surface area contributed by atoms with E-state index in [4.69, 9.17) is 9.68 Å². The normalized spacial score (nSPS) is 10.8. The highest BCUT2D eigenvalue weighted by atomic mass is 32.2. The maximum atomic E-state index is 11.0. The molecule has 6 nitrogen and oxygen atoms in total. The average Bonchev–Trinajstić information content (AvgIpc) is 2.46. The minimum absolute atomic E-state index is 0.0111. The Balaban J connectivity index is 3.39. The summed E-state index contributed by atoms with van der Waals surface area (Å²) in [6, 6.07) is 1.64. The number of rotatable bonds is 2. The molecule has 0 fully saturated rings. The van der Waals surface area contributed by atoms with Crippen molar-refractivity contribution >= 4 is 15.9 Å². The molecule has 0 aliphatic heterocycles. The molecule has 0 spiro atoms. The lowest BCUT2D eigenvalue weighted by Gasteiger charge is -1.89. The van der Waals surface area contributed by atoms with E-state index in [1.165, 1.54) is 7.05 Å². The fourth-order valence-electron chi connectivity index (χ4n) is 0.735. The minimum Gasteiger partial charge on any atom is -0.410 e. The van der Waals surface area contributed by atoms with Gasteiger partial charge in [0.15, 0.2) is 0 Å². The van der Waals surface area contributed by atoms with Gasteiger partial charge in [0, 0.05) is 13.3 Å². The maximum Gasteiger partial charge on any atom is 0.296 e. The van der Waals surface area contributed by atoms with E-state index in [2.05, 4.69) is 10.3 Å². The van der Waals surface area contributed by atoms with E-state index < -0.39 is 14.9 Å². The van der Waals surface area contributed by atoms with Crippen molar-refractivity contribution in [1.82, 2.24) is 4.98 Å². The van der Waals surface area contributed by atoms with Gasteiger partial charge in [0.2, 0.25) is 15.5 Å². The Labute approximate surface area is 75.1 Å². The molecule has 0 aliphatic rings. The van der Waals surface area contributed by atoms with Crippen molar-refractivity contribution in [2.45, 2.75) is 5.09 Å². The Bertz CT molecular complexity index is 454. The Hall–Kier alpha value is -1.55. The maximum absolute atomic E-state index is 11.0. The topological polar surface area (TPSA) is 96.0 Å². The number of nitrogens with zero attached hydrogens (tertiary/aromatic N) is 2. The first-order chi connectivity index (χ1) is 5.99. The summed E-state index contributed by atoms with van der Waals surface area (Å²) in [5.74, 6) is 0. The predicted molar refractivity (Wildman–Crippen MR) is 43.9 cm³/mol. The molecule has 0 aromatic carbocycles. The summed E-state index contributed by atoms with van der Waals surface area (Å²) in [6.07, 6.45) is 0.952. The van der Waals surface area contributed by atoms with Crippen LogP contribution in [0.15, 0.2) is 9.51 Å². The predicted octanol–water partition coefficient (Wildman–Crippen LogP) is -0.00852. The van der Waals surface area contributed by atoms with Crippen molar-refractivity contribution < 1.29 is 12.8 Å². The van der Waals surface area contributed by atoms with Crippen LogP contribution < -0.4 is 5.32 Å². The first-order valence-electron chi connectivity index (χ1n) is 3.27. The van der Waals surface area contributed by atoms with E-state index >= 15 is 0 Å². The fourth-order valence-corrected chi connectivity index (χ4v) is 1.41. The number of hydrogen-bond donors (Lipinski definition) is 1. The Kier molecular flexibility index (Phi) is 2.25. The van der Waals surface area contributed by atoms with E-state index in [0.717, 1.165) is 6.26 Å². The van der Waals surface area contributed by atoms with Crippen LogP contribution in [0.3, 0.4) is 0 Å². The number of oxazole rings is 1. The SMILES string of the molecule is CNc1nc(C#N)c(S(C)(=O)=O)o1. The zero-order valence-corrected chi connectivity index (χ0v) is 7.84. The Morgan fingerprint density at radius 3 is 2.54 bits per heavy atom. The first-order valence-corrected chi connectivity index (χ1v) is 5.17. The van der Waals surface area contributed by atoms with E-state index in [1.807, 2.05) is 0 Å². The van der Waals surface area contributed by atoms with Crippen LogP contribution >= 0.6 is 0 Å². The first kappa shape index (κ1) is 9.54. The monoisotopic (exact) mass is 201 g/mol. The fraction of sp³-hybridized carbons (Fsp3) is 0.333. The third kappa shape index (κ3) is 1.78. The summed E-state index contributed by atoms with van der Waals surface area (Å²) < 4.78 is 26.8. The molecule has 0 radical (unpaired) electrons. The lowest BCUT2D eigenvalue weighted by Crippen LogP contribution is -1.97. The smallest absolute Gasteiger partial charge is 0.296 e. The summed E-state index contributed by atoms with van der Waals surface area (Å²) in [6.45, 7) is 0. The summed E-state index contributed by atoms with van der Waals surface area (Å²) in [7, 11) is -2.01. The molecular weight excluding hydrogens is 194 g/mol. The van der Waals surface area contributed by atoms with Crippen LogP contribution in [0.4, 0.5) is 6.01 Å². The van der Waals surface area contributed by atoms with Crippen molar-refractivity contribution in [2.24, 2.45) is 0 Å². The molecule has 0 unspecified atom stereocenters. The van der Waals surface area contributed by atoms with Crippen molar-refractivity contribution in [2.75, 3.05) is 18.6 Å². The van der Waals surface area contributed by atoms with Gasteiger partial charge in [0.05, 0.1) is 0 Å². The number of nitrogens with one attached hydrogen (secondary N) is 1. The molecule has 1 N–H and O–H groups in total. The molecule has 0 atom stereocenters. The highest BCUT2D eigenvalue weighted by Crippen LogP contribution is 2.18. The van der Waals surface area contributed by atoms with Crippen LogP contribution in [0.25, 0.3) is 0 Å². The lowest BCUT2D eigenvalue weighted by molar-refractivity contribution is 0.461. The second-order valence-electron chi connectivity index (χ2n) is 2.29. The number of aromatic nitrogens is 1. The molecule has 0 saturated carbocycles. The molecule has 1 heterocycles. The molecule has 0 bridgehead atoms. The van der Waals surface area contributed by atoms with Crippen molar-refractivity contribution in [3.63, 3.8) is 0 Å². The van der Waals surface area contributed by atoms with E-state index in [9.17, 15) is 8.42 Å². The summed E-state index contributed by atoms with van der Waals surface area (Å²) in [5, 5.41) is 10.6. The minimum atomic E-state index is -3.53. The standard InChI is InChI=1S/C6H7N3O3S/c1-8-6-9-4(3-7)5(12-6)13(2,10)11/h1-2H3,(H,8,9). The molecule has 13 heavy (non-hydrogen) atoms. The quantitative estimate of drug-likeness (QED) is 0.723. The third-order valence-corrected chi connectivity index (χ3v) is 2.20. The van der Waals surface area contributed by atoms with Gasteiger partial charge in [0.1, 0.15) is 6.07 Å². The van der Waals surface area contributed by atoms with Gasteiger partial charge in [-0.15, -0.1) is 0 Å². The van der Waals surface area contributed by atoms with Gasteiger partial charge in [-0.25, -0.2) is 8.42 Å². The van der Waals surface area contributed by atoms with Crippen molar-refractivity contribution in [3.05, 3.63) is 5.69 Å². The number of sulfone groups is 1. The average molecular weight is 201 g/mol. The van der Waals surface area contributed by atoms with Crippen molar-refractivity contribution in [1.29, 1.82) is 5.26 Å². The molecule has 0 amide bonds.